The minimum absolute atomic E-state index is 0.0790. The molecule has 0 saturated carbocycles. The van der Waals surface area contributed by atoms with E-state index in [0.717, 1.165) is 23.2 Å². The van der Waals surface area contributed by atoms with Crippen LogP contribution in [0.15, 0.2) is 48.5 Å². The number of hydrogen-bond donors (Lipinski definition) is 0. The van der Waals surface area contributed by atoms with Crippen molar-refractivity contribution in [2.24, 2.45) is 0 Å². The molecular formula is C24H24F3N5O. The topological polar surface area (TPSA) is 55.6 Å². The maximum absolute atomic E-state index is 13.4. The zero-order valence-electron chi connectivity index (χ0n) is 18.1. The van der Waals surface area contributed by atoms with Gasteiger partial charge in [-0.05, 0) is 56.6 Å². The summed E-state index contributed by atoms with van der Waals surface area (Å²) < 4.78 is 46.9. The highest BCUT2D eigenvalue weighted by molar-refractivity contribution is 6.01. The number of nitrogens with zero attached hydrogens (tertiary/aromatic N) is 5. The van der Waals surface area contributed by atoms with Gasteiger partial charge in [0.2, 0.25) is 0 Å². The summed E-state index contributed by atoms with van der Waals surface area (Å²) in [5.41, 5.74) is 1.20. The molecule has 2 aromatic heterocycles. The lowest BCUT2D eigenvalue weighted by Gasteiger charge is -2.26. The molecule has 172 valence electrons. The molecule has 0 N–H and O–H groups in total. The number of halogens is 3. The van der Waals surface area contributed by atoms with Crippen molar-refractivity contribution in [3.8, 4) is 17.0 Å². The van der Waals surface area contributed by atoms with E-state index in [9.17, 15) is 13.2 Å². The molecular weight excluding hydrogens is 431 g/mol. The second-order valence-corrected chi connectivity index (χ2v) is 8.28. The lowest BCUT2D eigenvalue weighted by Crippen LogP contribution is -2.31. The lowest BCUT2D eigenvalue weighted by molar-refractivity contribution is -0.146. The number of fused-ring (bicyclic) bond motifs is 3. The standard InChI is InChI=1S/C24H24F3N5O/c25-24(26,27)23-29-28-22-20-8-3-2-7-19(20)21(30-32(22)23)17-9-11-18(12-10-17)33-16-6-15-31-13-4-1-5-14-31/h2-3,7-12H,1,4-6,13-16H2. The maximum atomic E-state index is 13.4. The number of likely N-dealkylation sites (tertiary alicyclic amines) is 1. The first-order valence-corrected chi connectivity index (χ1v) is 11.2. The second-order valence-electron chi connectivity index (χ2n) is 8.28. The van der Waals surface area contributed by atoms with E-state index < -0.39 is 12.0 Å². The molecule has 1 saturated heterocycles. The molecule has 0 radical (unpaired) electrons. The Kier molecular flexibility index (Phi) is 5.88. The third kappa shape index (κ3) is 4.50. The largest absolute Gasteiger partial charge is 0.494 e. The van der Waals surface area contributed by atoms with Gasteiger partial charge in [0.15, 0.2) is 5.65 Å². The van der Waals surface area contributed by atoms with Crippen molar-refractivity contribution in [2.75, 3.05) is 26.2 Å². The van der Waals surface area contributed by atoms with Gasteiger partial charge in [-0.3, -0.25) is 0 Å². The summed E-state index contributed by atoms with van der Waals surface area (Å²) in [4.78, 5) is 2.48. The minimum atomic E-state index is -4.65. The predicted molar refractivity (Wildman–Crippen MR) is 119 cm³/mol. The Morgan fingerprint density at radius 1 is 0.879 bits per heavy atom. The van der Waals surface area contributed by atoms with Crippen LogP contribution in [0.1, 0.15) is 31.5 Å². The Balaban J connectivity index is 1.38. The monoisotopic (exact) mass is 455 g/mol. The molecule has 1 fully saturated rings. The average Bonchev–Trinajstić information content (AvgIpc) is 3.27. The lowest BCUT2D eigenvalue weighted by atomic mass is 10.0. The summed E-state index contributed by atoms with van der Waals surface area (Å²) in [6, 6.07) is 14.4. The fourth-order valence-electron chi connectivity index (χ4n) is 4.34. The summed E-state index contributed by atoms with van der Waals surface area (Å²) in [5, 5.41) is 12.6. The van der Waals surface area contributed by atoms with Crippen LogP contribution in [0.25, 0.3) is 27.7 Å². The van der Waals surface area contributed by atoms with E-state index in [-0.39, 0.29) is 5.65 Å². The average molecular weight is 455 g/mol. The van der Waals surface area contributed by atoms with Gasteiger partial charge >= 0.3 is 6.18 Å². The van der Waals surface area contributed by atoms with Crippen molar-refractivity contribution in [3.05, 3.63) is 54.4 Å². The Labute approximate surface area is 189 Å². The zero-order valence-corrected chi connectivity index (χ0v) is 18.1. The van der Waals surface area contributed by atoms with Crippen LogP contribution in [-0.4, -0.2) is 51.0 Å². The molecule has 6 nitrogen and oxygen atoms in total. The highest BCUT2D eigenvalue weighted by Crippen LogP contribution is 2.33. The second kappa shape index (κ2) is 8.97. The van der Waals surface area contributed by atoms with Crippen molar-refractivity contribution in [1.82, 2.24) is 24.7 Å². The quantitative estimate of drug-likeness (QED) is 0.373. The number of piperidine rings is 1. The van der Waals surface area contributed by atoms with Crippen LogP contribution < -0.4 is 4.74 Å². The highest BCUT2D eigenvalue weighted by Gasteiger charge is 2.38. The molecule has 0 aliphatic carbocycles. The highest BCUT2D eigenvalue weighted by atomic mass is 19.4. The van der Waals surface area contributed by atoms with E-state index in [1.807, 2.05) is 36.4 Å². The molecule has 1 aliphatic heterocycles. The van der Waals surface area contributed by atoms with Gasteiger partial charge in [0.05, 0.1) is 12.3 Å². The molecule has 2 aromatic carbocycles. The van der Waals surface area contributed by atoms with Crippen molar-refractivity contribution in [3.63, 3.8) is 0 Å². The summed E-state index contributed by atoms with van der Waals surface area (Å²) in [5.74, 6) is -0.416. The smallest absolute Gasteiger partial charge is 0.453 e. The van der Waals surface area contributed by atoms with Crippen LogP contribution in [0.5, 0.6) is 5.75 Å². The number of ether oxygens (including phenoxy) is 1. The third-order valence-corrected chi connectivity index (χ3v) is 5.98. The van der Waals surface area contributed by atoms with Gasteiger partial charge in [-0.1, -0.05) is 30.7 Å². The molecule has 0 unspecified atom stereocenters. The van der Waals surface area contributed by atoms with Gasteiger partial charge in [0.25, 0.3) is 5.82 Å². The molecule has 0 bridgehead atoms. The van der Waals surface area contributed by atoms with Crippen molar-refractivity contribution in [1.29, 1.82) is 0 Å². The molecule has 0 spiro atoms. The zero-order chi connectivity index (χ0) is 22.8. The Bertz CT molecular complexity index is 1250. The molecule has 33 heavy (non-hydrogen) atoms. The first-order valence-electron chi connectivity index (χ1n) is 11.2. The Morgan fingerprint density at radius 2 is 1.61 bits per heavy atom. The molecule has 5 rings (SSSR count). The Morgan fingerprint density at radius 3 is 2.33 bits per heavy atom. The van der Waals surface area contributed by atoms with Gasteiger partial charge in [0, 0.05) is 22.9 Å². The van der Waals surface area contributed by atoms with Crippen LogP contribution in [0.2, 0.25) is 0 Å². The number of benzene rings is 2. The SMILES string of the molecule is FC(F)(F)c1nnc2c3ccccc3c(-c3ccc(OCCCN4CCCCC4)cc3)nn12. The van der Waals surface area contributed by atoms with Crippen LogP contribution >= 0.6 is 0 Å². The van der Waals surface area contributed by atoms with Gasteiger partial charge in [-0.2, -0.15) is 22.8 Å². The number of alkyl halides is 3. The fraction of sp³-hybridized carbons (Fsp3) is 0.375. The third-order valence-electron chi connectivity index (χ3n) is 5.98. The van der Waals surface area contributed by atoms with Crippen LogP contribution in [0.3, 0.4) is 0 Å². The molecule has 3 heterocycles. The summed E-state index contributed by atoms with van der Waals surface area (Å²) in [6.07, 6.45) is 0.175. The normalized spacial score (nSPS) is 15.4. The fourth-order valence-corrected chi connectivity index (χ4v) is 4.34. The van der Waals surface area contributed by atoms with Gasteiger partial charge in [-0.15, -0.1) is 10.2 Å². The molecule has 1 aliphatic rings. The van der Waals surface area contributed by atoms with E-state index in [0.29, 0.717) is 28.6 Å². The molecule has 9 heteroatoms. The van der Waals surface area contributed by atoms with E-state index in [1.165, 1.54) is 32.4 Å². The summed E-state index contributed by atoms with van der Waals surface area (Å²) in [7, 11) is 0. The number of hydrogen-bond acceptors (Lipinski definition) is 5. The first-order chi connectivity index (χ1) is 16.0. The first kappa shape index (κ1) is 21.6. The minimum Gasteiger partial charge on any atom is -0.494 e. The van der Waals surface area contributed by atoms with Crippen molar-refractivity contribution >= 4 is 16.4 Å². The van der Waals surface area contributed by atoms with Gasteiger partial charge in [0.1, 0.15) is 5.75 Å². The number of aromatic nitrogens is 4. The van der Waals surface area contributed by atoms with Gasteiger partial charge in [-0.25, -0.2) is 0 Å². The van der Waals surface area contributed by atoms with E-state index in [1.54, 1.807) is 12.1 Å². The summed E-state index contributed by atoms with van der Waals surface area (Å²) >= 11 is 0. The van der Waals surface area contributed by atoms with Crippen molar-refractivity contribution in [2.45, 2.75) is 31.9 Å². The Hall–Kier alpha value is -3.20. The van der Waals surface area contributed by atoms with Crippen LogP contribution in [-0.2, 0) is 6.18 Å². The van der Waals surface area contributed by atoms with E-state index in [4.69, 9.17) is 4.74 Å². The van der Waals surface area contributed by atoms with E-state index in [2.05, 4.69) is 20.2 Å². The van der Waals surface area contributed by atoms with Crippen LogP contribution in [0.4, 0.5) is 13.2 Å². The van der Waals surface area contributed by atoms with Crippen molar-refractivity contribution < 1.29 is 17.9 Å². The summed E-state index contributed by atoms with van der Waals surface area (Å²) in [6.45, 7) is 4.00. The molecule has 0 atom stereocenters. The van der Waals surface area contributed by atoms with Crippen LogP contribution in [0, 0.1) is 0 Å². The van der Waals surface area contributed by atoms with E-state index >= 15 is 0 Å². The molecule has 0 amide bonds. The predicted octanol–water partition coefficient (Wildman–Crippen LogP) is 5.22. The maximum Gasteiger partial charge on any atom is 0.453 e. The molecule has 4 aromatic rings. The van der Waals surface area contributed by atoms with Gasteiger partial charge < -0.3 is 9.64 Å². The number of rotatable bonds is 6.